The summed E-state index contributed by atoms with van der Waals surface area (Å²) < 4.78 is 0. The summed E-state index contributed by atoms with van der Waals surface area (Å²) in [5.41, 5.74) is 0. The van der Waals surface area contributed by atoms with Crippen molar-refractivity contribution in [2.24, 2.45) is 5.92 Å². The molecule has 0 aromatic rings. The van der Waals surface area contributed by atoms with Crippen LogP contribution < -0.4 is 5.32 Å². The maximum Gasteiger partial charge on any atom is 0.239 e. The number of carbonyl (C=O) groups is 2. The van der Waals surface area contributed by atoms with E-state index in [2.05, 4.69) is 5.32 Å². The molecule has 18 heavy (non-hydrogen) atoms. The van der Waals surface area contributed by atoms with Crippen molar-refractivity contribution in [3.8, 4) is 0 Å². The fraction of sp³-hybridized carbons (Fsp3) is 0.846. The standard InChI is InChI=1S/C13H23N3O2/c1-15(2)12(17)10-5-8-16(9-6-10)13(18)11-4-3-7-14-11/h10-11,14H,3-9H2,1-2H3/t11-/m0/s1. The number of likely N-dealkylation sites (tertiary alicyclic amines) is 1. The predicted octanol–water partition coefficient (Wildman–Crippen LogP) is 0.0652. The zero-order valence-electron chi connectivity index (χ0n) is 11.3. The van der Waals surface area contributed by atoms with Crippen LogP contribution in [-0.2, 0) is 9.59 Å². The molecule has 0 radical (unpaired) electrons. The van der Waals surface area contributed by atoms with Gasteiger partial charge in [-0.15, -0.1) is 0 Å². The summed E-state index contributed by atoms with van der Waals surface area (Å²) in [5.74, 6) is 0.518. The molecule has 2 amide bonds. The molecule has 2 saturated heterocycles. The number of piperidine rings is 1. The van der Waals surface area contributed by atoms with Crippen LogP contribution in [0.5, 0.6) is 0 Å². The Bertz CT molecular complexity index is 316. The van der Waals surface area contributed by atoms with Crippen LogP contribution in [0.2, 0.25) is 0 Å². The minimum atomic E-state index is 0.0195. The Morgan fingerprint density at radius 1 is 1.17 bits per heavy atom. The molecule has 2 aliphatic heterocycles. The van der Waals surface area contributed by atoms with Gasteiger partial charge in [0, 0.05) is 33.1 Å². The summed E-state index contributed by atoms with van der Waals surface area (Å²) in [5, 5.41) is 3.24. The fourth-order valence-electron chi connectivity index (χ4n) is 2.83. The molecule has 5 heteroatoms. The second-order valence-corrected chi connectivity index (χ2v) is 5.48. The van der Waals surface area contributed by atoms with E-state index in [1.54, 1.807) is 19.0 Å². The Morgan fingerprint density at radius 2 is 1.83 bits per heavy atom. The van der Waals surface area contributed by atoms with Crippen molar-refractivity contribution in [2.75, 3.05) is 33.7 Å². The molecule has 0 aromatic heterocycles. The highest BCUT2D eigenvalue weighted by atomic mass is 16.2. The van der Waals surface area contributed by atoms with E-state index in [0.29, 0.717) is 0 Å². The number of amides is 2. The lowest BCUT2D eigenvalue weighted by atomic mass is 9.95. The minimum absolute atomic E-state index is 0.0195. The molecular formula is C13H23N3O2. The topological polar surface area (TPSA) is 52.7 Å². The molecule has 0 spiro atoms. The summed E-state index contributed by atoms with van der Waals surface area (Å²) in [6.07, 6.45) is 3.65. The van der Waals surface area contributed by atoms with E-state index in [4.69, 9.17) is 0 Å². The van der Waals surface area contributed by atoms with Crippen LogP contribution in [0.1, 0.15) is 25.7 Å². The van der Waals surface area contributed by atoms with Crippen molar-refractivity contribution in [1.82, 2.24) is 15.1 Å². The second-order valence-electron chi connectivity index (χ2n) is 5.48. The van der Waals surface area contributed by atoms with Crippen LogP contribution in [0.25, 0.3) is 0 Å². The van der Waals surface area contributed by atoms with Crippen LogP contribution in [0.4, 0.5) is 0 Å². The van der Waals surface area contributed by atoms with Crippen molar-refractivity contribution in [2.45, 2.75) is 31.7 Å². The molecule has 0 aliphatic carbocycles. The quantitative estimate of drug-likeness (QED) is 0.757. The molecule has 0 saturated carbocycles. The van der Waals surface area contributed by atoms with Crippen LogP contribution in [-0.4, -0.2) is 61.4 Å². The molecule has 0 aromatic carbocycles. The first-order chi connectivity index (χ1) is 8.59. The summed E-state index contributed by atoms with van der Waals surface area (Å²) in [7, 11) is 3.59. The molecule has 2 heterocycles. The van der Waals surface area contributed by atoms with E-state index < -0.39 is 0 Å². The van der Waals surface area contributed by atoms with Crippen molar-refractivity contribution in [3.63, 3.8) is 0 Å². The normalized spacial score (nSPS) is 25.2. The lowest BCUT2D eigenvalue weighted by Gasteiger charge is -2.33. The van der Waals surface area contributed by atoms with E-state index in [1.165, 1.54) is 0 Å². The third kappa shape index (κ3) is 2.83. The summed E-state index contributed by atoms with van der Waals surface area (Å²) in [6, 6.07) is 0.0195. The molecule has 1 N–H and O–H groups in total. The van der Waals surface area contributed by atoms with Gasteiger partial charge in [-0.25, -0.2) is 0 Å². The van der Waals surface area contributed by atoms with Gasteiger partial charge in [0.1, 0.15) is 0 Å². The number of hydrogen-bond acceptors (Lipinski definition) is 3. The Hall–Kier alpha value is -1.10. The van der Waals surface area contributed by atoms with Crippen LogP contribution in [0.15, 0.2) is 0 Å². The Labute approximate surface area is 108 Å². The number of nitrogens with one attached hydrogen (secondary N) is 1. The van der Waals surface area contributed by atoms with E-state index in [9.17, 15) is 9.59 Å². The van der Waals surface area contributed by atoms with Gasteiger partial charge in [-0.1, -0.05) is 0 Å². The first-order valence-electron chi connectivity index (χ1n) is 6.83. The molecule has 5 nitrogen and oxygen atoms in total. The van der Waals surface area contributed by atoms with Gasteiger partial charge < -0.3 is 15.1 Å². The zero-order chi connectivity index (χ0) is 13.1. The second kappa shape index (κ2) is 5.69. The van der Waals surface area contributed by atoms with Gasteiger partial charge in [-0.3, -0.25) is 9.59 Å². The maximum absolute atomic E-state index is 12.2. The van der Waals surface area contributed by atoms with Crippen LogP contribution in [0.3, 0.4) is 0 Å². The molecule has 102 valence electrons. The maximum atomic E-state index is 12.2. The average molecular weight is 253 g/mol. The van der Waals surface area contributed by atoms with E-state index in [0.717, 1.165) is 45.3 Å². The molecule has 2 rings (SSSR count). The number of rotatable bonds is 2. The van der Waals surface area contributed by atoms with Crippen molar-refractivity contribution in [1.29, 1.82) is 0 Å². The lowest BCUT2D eigenvalue weighted by molar-refractivity contribution is -0.140. The van der Waals surface area contributed by atoms with E-state index in [1.807, 2.05) is 4.90 Å². The highest BCUT2D eigenvalue weighted by Gasteiger charge is 2.32. The van der Waals surface area contributed by atoms with Gasteiger partial charge in [0.25, 0.3) is 0 Å². The third-order valence-corrected chi connectivity index (χ3v) is 3.96. The first-order valence-corrected chi connectivity index (χ1v) is 6.83. The summed E-state index contributed by atoms with van der Waals surface area (Å²) >= 11 is 0. The van der Waals surface area contributed by atoms with Gasteiger partial charge >= 0.3 is 0 Å². The monoisotopic (exact) mass is 253 g/mol. The van der Waals surface area contributed by atoms with E-state index >= 15 is 0 Å². The fourth-order valence-corrected chi connectivity index (χ4v) is 2.83. The van der Waals surface area contributed by atoms with Crippen LogP contribution >= 0.6 is 0 Å². The van der Waals surface area contributed by atoms with Crippen molar-refractivity contribution in [3.05, 3.63) is 0 Å². The Kier molecular flexibility index (Phi) is 4.22. The molecular weight excluding hydrogens is 230 g/mol. The molecule has 2 aliphatic rings. The molecule has 2 fully saturated rings. The SMILES string of the molecule is CN(C)C(=O)C1CCN(C(=O)[C@@H]2CCCN2)CC1. The molecule has 0 bridgehead atoms. The highest BCUT2D eigenvalue weighted by molar-refractivity contribution is 5.83. The van der Waals surface area contributed by atoms with Crippen molar-refractivity contribution >= 4 is 11.8 Å². The third-order valence-electron chi connectivity index (χ3n) is 3.96. The van der Waals surface area contributed by atoms with Crippen molar-refractivity contribution < 1.29 is 9.59 Å². The lowest BCUT2D eigenvalue weighted by Crippen LogP contribution is -2.48. The van der Waals surface area contributed by atoms with Gasteiger partial charge in [0.2, 0.25) is 11.8 Å². The predicted molar refractivity (Wildman–Crippen MR) is 69.0 cm³/mol. The number of hydrogen-bond donors (Lipinski definition) is 1. The van der Waals surface area contributed by atoms with Gasteiger partial charge in [-0.2, -0.15) is 0 Å². The zero-order valence-corrected chi connectivity index (χ0v) is 11.3. The highest BCUT2D eigenvalue weighted by Crippen LogP contribution is 2.20. The molecule has 1 atom stereocenters. The summed E-state index contributed by atoms with van der Waals surface area (Å²) in [6.45, 7) is 2.40. The van der Waals surface area contributed by atoms with Gasteiger partial charge in [0.15, 0.2) is 0 Å². The smallest absolute Gasteiger partial charge is 0.239 e. The average Bonchev–Trinajstić information content (AvgIpc) is 2.91. The largest absolute Gasteiger partial charge is 0.349 e. The first kappa shape index (κ1) is 13.3. The number of carbonyl (C=O) groups excluding carboxylic acids is 2. The van der Waals surface area contributed by atoms with Gasteiger partial charge in [0.05, 0.1) is 6.04 Å². The van der Waals surface area contributed by atoms with Gasteiger partial charge in [-0.05, 0) is 32.2 Å². The summed E-state index contributed by atoms with van der Waals surface area (Å²) in [4.78, 5) is 27.6. The minimum Gasteiger partial charge on any atom is -0.349 e. The Morgan fingerprint density at radius 3 is 2.33 bits per heavy atom. The number of nitrogens with zero attached hydrogens (tertiary/aromatic N) is 2. The van der Waals surface area contributed by atoms with Crippen LogP contribution in [0, 0.1) is 5.92 Å². The molecule has 0 unspecified atom stereocenters. The van der Waals surface area contributed by atoms with E-state index in [-0.39, 0.29) is 23.8 Å². The Balaban J connectivity index is 1.82.